The predicted octanol–water partition coefficient (Wildman–Crippen LogP) is -1.35. The molecule has 14 heteroatoms. The maximum Gasteiger partial charge on any atom is 0.322 e. The van der Waals surface area contributed by atoms with Crippen molar-refractivity contribution in [3.8, 4) is 0 Å². The topological polar surface area (TPSA) is 232 Å². The minimum atomic E-state index is -1.58. The Bertz CT molecular complexity index is 1270. The van der Waals surface area contributed by atoms with Crippen LogP contribution < -0.4 is 21.7 Å². The standard InChI is InChI=1S/C23H27N7O7/c24-15(5-12-8-26-16-4-2-1-3-14(12)16)21(35)29-17(6-13-9-25-11-28-13)23(37)30-18(7-19(31)32)22(36)27-10-20(33)34/h1-4,8-9,11,15,17-18,26H,5-7,10,24H2,(H,25,28)(H,27,36)(H,29,35)(H,30,37)(H,31,32)(H,33,34). The number of carbonyl (C=O) groups is 5. The summed E-state index contributed by atoms with van der Waals surface area (Å²) in [5, 5.41) is 25.7. The molecule has 14 nitrogen and oxygen atoms in total. The van der Waals surface area contributed by atoms with Gasteiger partial charge < -0.3 is 41.9 Å². The van der Waals surface area contributed by atoms with Crippen LogP contribution >= 0.6 is 0 Å². The van der Waals surface area contributed by atoms with E-state index in [0.717, 1.165) is 16.5 Å². The average Bonchev–Trinajstić information content (AvgIpc) is 3.51. The number of fused-ring (bicyclic) bond motifs is 1. The van der Waals surface area contributed by atoms with Crippen molar-refractivity contribution in [2.24, 2.45) is 5.73 Å². The van der Waals surface area contributed by atoms with Crippen molar-refractivity contribution in [2.75, 3.05) is 6.54 Å². The lowest BCUT2D eigenvalue weighted by Gasteiger charge is -2.23. The Morgan fingerprint density at radius 1 is 0.919 bits per heavy atom. The van der Waals surface area contributed by atoms with E-state index in [9.17, 15) is 24.0 Å². The summed E-state index contributed by atoms with van der Waals surface area (Å²) in [6.45, 7) is -0.762. The Morgan fingerprint density at radius 3 is 2.32 bits per heavy atom. The minimum absolute atomic E-state index is 0.0616. The highest BCUT2D eigenvalue weighted by molar-refractivity contribution is 5.95. The lowest BCUT2D eigenvalue weighted by Crippen LogP contribution is -2.57. The van der Waals surface area contributed by atoms with E-state index >= 15 is 0 Å². The van der Waals surface area contributed by atoms with Gasteiger partial charge in [-0.2, -0.15) is 0 Å². The van der Waals surface area contributed by atoms with E-state index in [2.05, 4.69) is 25.6 Å². The molecule has 0 aliphatic heterocycles. The molecule has 3 atom stereocenters. The number of hydrogen-bond acceptors (Lipinski definition) is 7. The molecule has 0 saturated carbocycles. The van der Waals surface area contributed by atoms with Crippen LogP contribution in [0.4, 0.5) is 0 Å². The number of hydrogen-bond donors (Lipinski definition) is 8. The van der Waals surface area contributed by atoms with Gasteiger partial charge in [-0.15, -0.1) is 0 Å². The van der Waals surface area contributed by atoms with E-state index in [0.29, 0.717) is 5.69 Å². The van der Waals surface area contributed by atoms with Gasteiger partial charge in [0.1, 0.15) is 18.6 Å². The number of carboxylic acids is 2. The molecule has 2 aromatic heterocycles. The van der Waals surface area contributed by atoms with Crippen molar-refractivity contribution in [3.05, 3.63) is 54.2 Å². The van der Waals surface area contributed by atoms with Crippen molar-refractivity contribution in [2.45, 2.75) is 37.4 Å². The van der Waals surface area contributed by atoms with Gasteiger partial charge in [-0.05, 0) is 18.1 Å². The molecule has 0 fully saturated rings. The average molecular weight is 514 g/mol. The monoisotopic (exact) mass is 513 g/mol. The number of benzene rings is 1. The molecule has 0 radical (unpaired) electrons. The zero-order chi connectivity index (χ0) is 26.9. The first-order valence-electron chi connectivity index (χ1n) is 11.2. The van der Waals surface area contributed by atoms with Crippen LogP contribution in [-0.2, 0) is 36.8 Å². The third-order valence-electron chi connectivity index (χ3n) is 5.49. The summed E-state index contributed by atoms with van der Waals surface area (Å²) < 4.78 is 0. The number of nitrogens with one attached hydrogen (secondary N) is 5. The maximum absolute atomic E-state index is 13.1. The molecule has 2 heterocycles. The number of nitrogens with zero attached hydrogens (tertiary/aromatic N) is 1. The molecule has 0 bridgehead atoms. The highest BCUT2D eigenvalue weighted by atomic mass is 16.4. The molecule has 0 aliphatic carbocycles. The van der Waals surface area contributed by atoms with Gasteiger partial charge in [0, 0.05) is 35.4 Å². The van der Waals surface area contributed by atoms with E-state index in [1.54, 1.807) is 6.20 Å². The van der Waals surface area contributed by atoms with Crippen LogP contribution in [0.15, 0.2) is 43.0 Å². The number of aliphatic carboxylic acids is 2. The number of imidazole rings is 1. The van der Waals surface area contributed by atoms with Gasteiger partial charge >= 0.3 is 11.9 Å². The number of carbonyl (C=O) groups excluding carboxylic acids is 3. The van der Waals surface area contributed by atoms with Gasteiger partial charge in [0.25, 0.3) is 0 Å². The SMILES string of the molecule is NC(Cc1c[nH]c2ccccc12)C(=O)NC(Cc1cnc[nH]1)C(=O)NC(CC(=O)O)C(=O)NCC(=O)O. The minimum Gasteiger partial charge on any atom is -0.481 e. The van der Waals surface area contributed by atoms with E-state index < -0.39 is 60.8 Å². The number of carboxylic acid groups (broad SMARTS) is 2. The van der Waals surface area contributed by atoms with Gasteiger partial charge in [0.2, 0.25) is 17.7 Å². The Kier molecular flexibility index (Phi) is 8.94. The van der Waals surface area contributed by atoms with Gasteiger partial charge in [0.15, 0.2) is 0 Å². The number of aromatic amines is 2. The van der Waals surface area contributed by atoms with Crippen LogP contribution in [0.2, 0.25) is 0 Å². The van der Waals surface area contributed by atoms with Gasteiger partial charge in [-0.3, -0.25) is 24.0 Å². The number of H-pyrrole nitrogens is 2. The third-order valence-corrected chi connectivity index (χ3v) is 5.49. The van der Waals surface area contributed by atoms with Crippen molar-refractivity contribution >= 4 is 40.6 Å². The van der Waals surface area contributed by atoms with E-state index in [4.69, 9.17) is 15.9 Å². The van der Waals surface area contributed by atoms with Gasteiger partial charge in [-0.1, -0.05) is 18.2 Å². The Balaban J connectivity index is 1.72. The number of para-hydroxylation sites is 1. The van der Waals surface area contributed by atoms with Crippen LogP contribution in [0.3, 0.4) is 0 Å². The fraction of sp³-hybridized carbons (Fsp3) is 0.304. The van der Waals surface area contributed by atoms with Crippen molar-refractivity contribution in [1.82, 2.24) is 30.9 Å². The highest BCUT2D eigenvalue weighted by Gasteiger charge is 2.30. The molecule has 1 aromatic carbocycles. The third kappa shape index (κ3) is 7.63. The number of aromatic nitrogens is 3. The zero-order valence-corrected chi connectivity index (χ0v) is 19.6. The molecule has 3 rings (SSSR count). The summed E-state index contributed by atoms with van der Waals surface area (Å²) >= 11 is 0. The fourth-order valence-corrected chi connectivity index (χ4v) is 3.68. The van der Waals surface area contributed by atoms with Gasteiger partial charge in [0.05, 0.1) is 18.8 Å². The molecule has 0 saturated heterocycles. The highest BCUT2D eigenvalue weighted by Crippen LogP contribution is 2.18. The first-order valence-corrected chi connectivity index (χ1v) is 11.2. The Morgan fingerprint density at radius 2 is 1.65 bits per heavy atom. The summed E-state index contributed by atoms with van der Waals surface area (Å²) in [5.41, 5.74) is 8.30. The summed E-state index contributed by atoms with van der Waals surface area (Å²) in [4.78, 5) is 70.0. The zero-order valence-electron chi connectivity index (χ0n) is 19.6. The number of rotatable bonds is 13. The molecule has 196 valence electrons. The Labute approximate surface area is 210 Å². The summed E-state index contributed by atoms with van der Waals surface area (Å²) in [6.07, 6.45) is 3.87. The van der Waals surface area contributed by atoms with Crippen molar-refractivity contribution < 1.29 is 34.2 Å². The number of nitrogens with two attached hydrogens (primary N) is 1. The summed E-state index contributed by atoms with van der Waals surface area (Å²) in [5.74, 6) is -5.25. The van der Waals surface area contributed by atoms with Crippen molar-refractivity contribution in [1.29, 1.82) is 0 Å². The van der Waals surface area contributed by atoms with Crippen LogP contribution in [0.25, 0.3) is 10.9 Å². The largest absolute Gasteiger partial charge is 0.481 e. The second-order valence-electron chi connectivity index (χ2n) is 8.28. The molecule has 3 unspecified atom stereocenters. The quantitative estimate of drug-likeness (QED) is 0.135. The van der Waals surface area contributed by atoms with E-state index in [-0.39, 0.29) is 12.8 Å². The molecular weight excluding hydrogens is 486 g/mol. The molecular formula is C23H27N7O7. The second-order valence-corrected chi connectivity index (χ2v) is 8.28. The predicted molar refractivity (Wildman–Crippen MR) is 129 cm³/mol. The van der Waals surface area contributed by atoms with Crippen LogP contribution in [0.5, 0.6) is 0 Å². The van der Waals surface area contributed by atoms with Crippen molar-refractivity contribution in [3.63, 3.8) is 0 Å². The summed E-state index contributed by atoms with van der Waals surface area (Å²) in [6, 6.07) is 3.65. The molecule has 9 N–H and O–H groups in total. The lowest BCUT2D eigenvalue weighted by atomic mass is 10.0. The Hall–Kier alpha value is -4.72. The normalized spacial score (nSPS) is 13.3. The first-order chi connectivity index (χ1) is 17.6. The molecule has 3 aromatic rings. The van der Waals surface area contributed by atoms with E-state index in [1.807, 2.05) is 29.6 Å². The van der Waals surface area contributed by atoms with Crippen LogP contribution in [-0.4, -0.2) is 79.5 Å². The second kappa shape index (κ2) is 12.3. The summed E-state index contributed by atoms with van der Waals surface area (Å²) in [7, 11) is 0. The fourth-order valence-electron chi connectivity index (χ4n) is 3.68. The molecule has 3 amide bonds. The maximum atomic E-state index is 13.1. The van der Waals surface area contributed by atoms with Crippen LogP contribution in [0, 0.1) is 0 Å². The smallest absolute Gasteiger partial charge is 0.322 e. The molecule has 37 heavy (non-hydrogen) atoms. The number of amides is 3. The molecule has 0 spiro atoms. The van der Waals surface area contributed by atoms with Crippen LogP contribution in [0.1, 0.15) is 17.7 Å². The van der Waals surface area contributed by atoms with E-state index in [1.165, 1.54) is 12.5 Å². The molecule has 0 aliphatic rings. The lowest BCUT2D eigenvalue weighted by molar-refractivity contribution is -0.141. The van der Waals surface area contributed by atoms with Gasteiger partial charge in [-0.25, -0.2) is 4.98 Å². The first kappa shape index (κ1) is 26.9.